The quantitative estimate of drug-likeness (QED) is 0.783. The molecule has 1 aliphatic rings. The van der Waals surface area contributed by atoms with Crippen molar-refractivity contribution in [3.8, 4) is 0 Å². The lowest BCUT2D eigenvalue weighted by Gasteiger charge is -2.28. The summed E-state index contributed by atoms with van der Waals surface area (Å²) in [5, 5.41) is 0. The average molecular weight is 263 g/mol. The van der Waals surface area contributed by atoms with Crippen molar-refractivity contribution in [1.29, 1.82) is 0 Å². The van der Waals surface area contributed by atoms with Crippen LogP contribution < -0.4 is 4.90 Å². The summed E-state index contributed by atoms with van der Waals surface area (Å²) in [6.45, 7) is 3.52. The molecule has 1 aromatic rings. The minimum atomic E-state index is 0.328. The van der Waals surface area contributed by atoms with E-state index in [2.05, 4.69) is 4.90 Å². The van der Waals surface area contributed by atoms with Crippen LogP contribution in [0.3, 0.4) is 0 Å². The molecule has 1 heterocycles. The minimum Gasteiger partial charge on any atom is -0.371 e. The summed E-state index contributed by atoms with van der Waals surface area (Å²) in [6, 6.07) is 5.70. The zero-order valence-corrected chi connectivity index (χ0v) is 11.4. The van der Waals surface area contributed by atoms with E-state index in [1.54, 1.807) is 6.07 Å². The zero-order chi connectivity index (χ0) is 13.8. The Labute approximate surface area is 112 Å². The second-order valence-electron chi connectivity index (χ2n) is 4.63. The van der Waals surface area contributed by atoms with Crippen molar-refractivity contribution in [3.05, 3.63) is 28.7 Å². The second-order valence-corrected chi connectivity index (χ2v) is 4.63. The largest absolute Gasteiger partial charge is 0.371 e. The van der Waals surface area contributed by atoms with E-state index in [4.69, 9.17) is 4.84 Å². The summed E-state index contributed by atoms with van der Waals surface area (Å²) in [5.74, 6) is 0.328. The Bertz CT molecular complexity index is 489. The first-order valence-corrected chi connectivity index (χ1v) is 6.56. The van der Waals surface area contributed by atoms with Gasteiger partial charge in [0.15, 0.2) is 7.11 Å². The molecule has 1 saturated heterocycles. The third-order valence-electron chi connectivity index (χ3n) is 3.49. The van der Waals surface area contributed by atoms with Gasteiger partial charge < -0.3 is 4.90 Å². The number of ketones is 1. The maximum atomic E-state index is 11.6. The average Bonchev–Trinajstić information content (AvgIpc) is 2.46. The van der Waals surface area contributed by atoms with Gasteiger partial charge in [0.25, 0.3) is 4.92 Å². The fourth-order valence-electron chi connectivity index (χ4n) is 2.34. The Morgan fingerprint density at radius 1 is 1.32 bits per heavy atom. The van der Waals surface area contributed by atoms with Crippen LogP contribution in [0.4, 0.5) is 11.4 Å². The smallest absolute Gasteiger partial charge is 0.320 e. The van der Waals surface area contributed by atoms with Crippen LogP contribution in [0.15, 0.2) is 18.2 Å². The lowest BCUT2D eigenvalue weighted by atomic mass is 10.1. The standard InChI is InChI=1S/C14H19N2O3/c1-3-11-10-12(4-5-14(11)16(18)19-2)15-8-6-13(17)7-9-15/h4-5,10H,3,6-9H2,1-2H3/q+1. The molecule has 0 amide bonds. The lowest BCUT2D eigenvalue weighted by Crippen LogP contribution is -2.33. The molecule has 2 rings (SSSR count). The molecular formula is C14H19N2O3+. The molecule has 1 fully saturated rings. The van der Waals surface area contributed by atoms with Crippen molar-refractivity contribution in [3.63, 3.8) is 0 Å². The molecule has 1 aromatic carbocycles. The fraction of sp³-hybridized carbons (Fsp3) is 0.500. The van der Waals surface area contributed by atoms with E-state index in [9.17, 15) is 9.70 Å². The fourth-order valence-corrected chi connectivity index (χ4v) is 2.34. The van der Waals surface area contributed by atoms with Crippen LogP contribution in [-0.2, 0) is 16.1 Å². The normalized spacial score (nSPS) is 15.5. The number of carbonyl (C=O) groups excluding carboxylic acids is 1. The topological polar surface area (TPSA) is 49.6 Å². The Hall–Kier alpha value is -1.91. The van der Waals surface area contributed by atoms with E-state index < -0.39 is 0 Å². The number of Topliss-reactive ketones (excluding diaryl/α,β-unsaturated/α-hetero) is 1. The molecule has 0 radical (unpaired) electrons. The summed E-state index contributed by atoms with van der Waals surface area (Å²) in [7, 11) is 1.36. The number of nitrogens with zero attached hydrogens (tertiary/aromatic N) is 2. The van der Waals surface area contributed by atoms with Gasteiger partial charge in [-0.15, -0.1) is 0 Å². The Morgan fingerprint density at radius 3 is 2.58 bits per heavy atom. The van der Waals surface area contributed by atoms with Crippen LogP contribution in [0.1, 0.15) is 25.3 Å². The van der Waals surface area contributed by atoms with Crippen molar-refractivity contribution in [2.24, 2.45) is 0 Å². The van der Waals surface area contributed by atoms with Crippen LogP contribution in [0.2, 0.25) is 0 Å². The van der Waals surface area contributed by atoms with Gasteiger partial charge in [-0.05, 0) is 18.6 Å². The summed E-state index contributed by atoms with van der Waals surface area (Å²) in [5.41, 5.74) is 2.56. The monoisotopic (exact) mass is 263 g/mol. The number of aryl methyl sites for hydroxylation is 1. The highest BCUT2D eigenvalue weighted by atomic mass is 16.8. The van der Waals surface area contributed by atoms with E-state index in [0.717, 1.165) is 30.8 Å². The predicted octanol–water partition coefficient (Wildman–Crippen LogP) is 2.39. The number of piperidine rings is 1. The first-order valence-electron chi connectivity index (χ1n) is 6.56. The SMILES string of the molecule is CCc1cc(N2CCC(=O)CC2)ccc1[N+](=O)OC. The van der Waals surface area contributed by atoms with Gasteiger partial charge in [0.2, 0.25) is 0 Å². The summed E-state index contributed by atoms with van der Waals surface area (Å²) in [6.07, 6.45) is 1.97. The number of benzene rings is 1. The molecule has 0 aromatic heterocycles. The lowest BCUT2D eigenvalue weighted by molar-refractivity contribution is -0.737. The molecule has 0 atom stereocenters. The molecule has 19 heavy (non-hydrogen) atoms. The molecule has 5 heteroatoms. The van der Waals surface area contributed by atoms with Gasteiger partial charge in [0, 0.05) is 43.2 Å². The van der Waals surface area contributed by atoms with Crippen LogP contribution >= 0.6 is 0 Å². The molecule has 1 aliphatic heterocycles. The Balaban J connectivity index is 2.23. The molecule has 0 N–H and O–H groups in total. The van der Waals surface area contributed by atoms with Gasteiger partial charge in [-0.25, -0.2) is 4.84 Å². The van der Waals surface area contributed by atoms with Gasteiger partial charge in [0.05, 0.1) is 4.91 Å². The first kappa shape index (κ1) is 13.5. The Morgan fingerprint density at radius 2 is 2.00 bits per heavy atom. The predicted molar refractivity (Wildman–Crippen MR) is 72.6 cm³/mol. The van der Waals surface area contributed by atoms with Gasteiger partial charge in [0.1, 0.15) is 5.78 Å². The van der Waals surface area contributed by atoms with E-state index in [-0.39, 0.29) is 0 Å². The third kappa shape index (κ3) is 2.92. The highest BCUT2D eigenvalue weighted by Gasteiger charge is 2.22. The molecule has 0 bridgehead atoms. The highest BCUT2D eigenvalue weighted by molar-refractivity contribution is 5.81. The van der Waals surface area contributed by atoms with Crippen molar-refractivity contribution < 1.29 is 14.6 Å². The Kier molecular flexibility index (Phi) is 4.14. The van der Waals surface area contributed by atoms with Crippen molar-refractivity contribution in [2.45, 2.75) is 26.2 Å². The summed E-state index contributed by atoms with van der Waals surface area (Å²) in [4.78, 5) is 30.2. The molecule has 102 valence electrons. The minimum absolute atomic E-state index is 0.328. The van der Waals surface area contributed by atoms with Crippen LogP contribution in [-0.4, -0.2) is 30.9 Å². The van der Waals surface area contributed by atoms with Crippen LogP contribution in [0.25, 0.3) is 0 Å². The van der Waals surface area contributed by atoms with E-state index in [0.29, 0.717) is 29.2 Å². The first-order chi connectivity index (χ1) is 9.15. The zero-order valence-electron chi connectivity index (χ0n) is 11.4. The molecular weight excluding hydrogens is 244 g/mol. The maximum Gasteiger partial charge on any atom is 0.320 e. The number of hydrogen-bond acceptors (Lipinski definition) is 4. The van der Waals surface area contributed by atoms with Gasteiger partial charge in [-0.3, -0.25) is 4.79 Å². The third-order valence-corrected chi connectivity index (χ3v) is 3.49. The number of anilines is 1. The van der Waals surface area contributed by atoms with Crippen molar-refractivity contribution in [1.82, 2.24) is 0 Å². The van der Waals surface area contributed by atoms with Gasteiger partial charge >= 0.3 is 5.69 Å². The van der Waals surface area contributed by atoms with Gasteiger partial charge in [-0.1, -0.05) is 6.92 Å². The highest BCUT2D eigenvalue weighted by Crippen LogP contribution is 2.27. The summed E-state index contributed by atoms with van der Waals surface area (Å²) >= 11 is 0. The van der Waals surface area contributed by atoms with Crippen LogP contribution in [0.5, 0.6) is 0 Å². The number of hydrogen-bond donors (Lipinski definition) is 0. The van der Waals surface area contributed by atoms with E-state index in [1.165, 1.54) is 7.11 Å². The molecule has 0 spiro atoms. The molecule has 0 aliphatic carbocycles. The van der Waals surface area contributed by atoms with Crippen LogP contribution in [0, 0.1) is 4.91 Å². The van der Waals surface area contributed by atoms with Gasteiger partial charge in [-0.2, -0.15) is 0 Å². The number of carbonyl (C=O) groups is 1. The molecule has 0 saturated carbocycles. The van der Waals surface area contributed by atoms with E-state index >= 15 is 0 Å². The van der Waals surface area contributed by atoms with E-state index in [1.807, 2.05) is 19.1 Å². The number of rotatable bonds is 4. The maximum absolute atomic E-state index is 11.6. The second kappa shape index (κ2) is 5.82. The van der Waals surface area contributed by atoms with Crippen molar-refractivity contribution in [2.75, 3.05) is 25.1 Å². The summed E-state index contributed by atoms with van der Waals surface area (Å²) < 4.78 is 0. The molecule has 5 nitrogen and oxygen atoms in total. The van der Waals surface area contributed by atoms with Crippen molar-refractivity contribution >= 4 is 17.2 Å². The molecule has 0 unspecified atom stereocenters.